The van der Waals surface area contributed by atoms with Crippen LogP contribution in [0.25, 0.3) is 0 Å². The highest BCUT2D eigenvalue weighted by atomic mass is 16.3. The standard InChI is InChI=1S/C16H23NO/c18-16(14-8-3-1-4-9-14)12-7-13-17-15(16)10-5-2-6-11-15/h1,3-4,8-9,17-18H,2,5-7,10-13H2. The molecule has 2 N–H and O–H groups in total. The molecule has 1 atom stereocenters. The average Bonchev–Trinajstić information content (AvgIpc) is 2.44. The van der Waals surface area contributed by atoms with Gasteiger partial charge in [-0.15, -0.1) is 0 Å². The van der Waals surface area contributed by atoms with Crippen LogP contribution in [0.5, 0.6) is 0 Å². The molecule has 3 rings (SSSR count). The maximum atomic E-state index is 11.4. The van der Waals surface area contributed by atoms with Crippen LogP contribution >= 0.6 is 0 Å². The first-order valence-electron chi connectivity index (χ1n) is 7.30. The molecule has 1 unspecified atom stereocenters. The molecule has 2 nitrogen and oxygen atoms in total. The van der Waals surface area contributed by atoms with E-state index >= 15 is 0 Å². The van der Waals surface area contributed by atoms with E-state index in [9.17, 15) is 5.11 Å². The fourth-order valence-electron chi connectivity index (χ4n) is 3.94. The molecule has 0 amide bonds. The molecule has 1 aromatic carbocycles. The van der Waals surface area contributed by atoms with Crippen molar-refractivity contribution in [3.8, 4) is 0 Å². The van der Waals surface area contributed by atoms with Crippen molar-refractivity contribution < 1.29 is 5.11 Å². The van der Waals surface area contributed by atoms with Crippen LogP contribution in [0.15, 0.2) is 30.3 Å². The van der Waals surface area contributed by atoms with E-state index in [2.05, 4.69) is 17.4 Å². The number of piperidine rings is 1. The van der Waals surface area contributed by atoms with E-state index in [1.54, 1.807) is 0 Å². The largest absolute Gasteiger partial charge is 0.383 e. The second-order valence-electron chi connectivity index (χ2n) is 5.90. The van der Waals surface area contributed by atoms with E-state index in [0.29, 0.717) is 0 Å². The lowest BCUT2D eigenvalue weighted by Crippen LogP contribution is -2.64. The minimum absolute atomic E-state index is 0.0785. The van der Waals surface area contributed by atoms with E-state index < -0.39 is 5.60 Å². The SMILES string of the molecule is OC1(c2ccccc2)CCCNC12CCCCC2. The fourth-order valence-corrected chi connectivity index (χ4v) is 3.94. The third-order valence-electron chi connectivity index (χ3n) is 4.93. The lowest BCUT2D eigenvalue weighted by atomic mass is 9.63. The third kappa shape index (κ3) is 1.79. The topological polar surface area (TPSA) is 32.3 Å². The third-order valence-corrected chi connectivity index (χ3v) is 4.93. The van der Waals surface area contributed by atoms with Crippen molar-refractivity contribution in [2.45, 2.75) is 56.1 Å². The number of rotatable bonds is 1. The average molecular weight is 245 g/mol. The summed E-state index contributed by atoms with van der Waals surface area (Å²) in [5, 5.41) is 15.0. The molecule has 0 bridgehead atoms. The zero-order valence-electron chi connectivity index (χ0n) is 11.0. The number of nitrogens with one attached hydrogen (secondary N) is 1. The molecular weight excluding hydrogens is 222 g/mol. The summed E-state index contributed by atoms with van der Waals surface area (Å²) in [6, 6.07) is 10.3. The number of benzene rings is 1. The fraction of sp³-hybridized carbons (Fsp3) is 0.625. The summed E-state index contributed by atoms with van der Waals surface area (Å²) in [6.07, 6.45) is 7.96. The molecule has 98 valence electrons. The molecule has 2 fully saturated rings. The van der Waals surface area contributed by atoms with Crippen LogP contribution in [0.4, 0.5) is 0 Å². The first-order chi connectivity index (χ1) is 8.77. The van der Waals surface area contributed by atoms with Crippen molar-refractivity contribution >= 4 is 0 Å². The van der Waals surface area contributed by atoms with Gasteiger partial charge < -0.3 is 10.4 Å². The van der Waals surface area contributed by atoms with E-state index in [4.69, 9.17) is 0 Å². The van der Waals surface area contributed by atoms with E-state index in [1.807, 2.05) is 18.2 Å². The summed E-state index contributed by atoms with van der Waals surface area (Å²) in [6.45, 7) is 1.05. The molecule has 1 spiro atoms. The van der Waals surface area contributed by atoms with Crippen molar-refractivity contribution in [3.05, 3.63) is 35.9 Å². The van der Waals surface area contributed by atoms with Crippen molar-refractivity contribution in [1.29, 1.82) is 0 Å². The summed E-state index contributed by atoms with van der Waals surface area (Å²) in [7, 11) is 0. The molecule has 2 heteroatoms. The van der Waals surface area contributed by atoms with Crippen molar-refractivity contribution in [1.82, 2.24) is 5.32 Å². The minimum atomic E-state index is -0.674. The Morgan fingerprint density at radius 3 is 2.33 bits per heavy atom. The molecular formula is C16H23NO. The maximum absolute atomic E-state index is 11.4. The van der Waals surface area contributed by atoms with Crippen LogP contribution in [0, 0.1) is 0 Å². The second kappa shape index (κ2) is 4.67. The van der Waals surface area contributed by atoms with Gasteiger partial charge in [0.1, 0.15) is 5.60 Å². The van der Waals surface area contributed by atoms with Gasteiger partial charge in [0.25, 0.3) is 0 Å². The smallest absolute Gasteiger partial charge is 0.108 e. The summed E-state index contributed by atoms with van der Waals surface area (Å²) in [5.74, 6) is 0. The highest BCUT2D eigenvalue weighted by molar-refractivity contribution is 5.29. The Hall–Kier alpha value is -0.860. The lowest BCUT2D eigenvalue weighted by Gasteiger charge is -2.53. The summed E-state index contributed by atoms with van der Waals surface area (Å²) in [4.78, 5) is 0. The van der Waals surface area contributed by atoms with Gasteiger partial charge in [-0.2, -0.15) is 0 Å². The summed E-state index contributed by atoms with van der Waals surface area (Å²) in [5.41, 5.74) is 0.344. The van der Waals surface area contributed by atoms with Crippen LogP contribution in [0.3, 0.4) is 0 Å². The molecule has 1 saturated carbocycles. The molecule has 1 aliphatic carbocycles. The molecule has 1 aromatic rings. The Bertz CT molecular complexity index is 389. The van der Waals surface area contributed by atoms with Crippen LogP contribution < -0.4 is 5.32 Å². The maximum Gasteiger partial charge on any atom is 0.108 e. The van der Waals surface area contributed by atoms with Crippen LogP contribution in [-0.2, 0) is 5.60 Å². The Labute approximate surface area is 109 Å². The second-order valence-corrected chi connectivity index (χ2v) is 5.90. The number of aliphatic hydroxyl groups is 1. The van der Waals surface area contributed by atoms with Gasteiger partial charge in [0.05, 0.1) is 5.54 Å². The summed E-state index contributed by atoms with van der Waals surface area (Å²) < 4.78 is 0. The summed E-state index contributed by atoms with van der Waals surface area (Å²) >= 11 is 0. The van der Waals surface area contributed by atoms with E-state index in [0.717, 1.165) is 37.8 Å². The zero-order valence-corrected chi connectivity index (χ0v) is 11.0. The predicted octanol–water partition coefficient (Wildman–Crippen LogP) is 2.96. The van der Waals surface area contributed by atoms with Gasteiger partial charge in [-0.1, -0.05) is 49.6 Å². The highest BCUT2D eigenvalue weighted by Gasteiger charge is 2.52. The van der Waals surface area contributed by atoms with Crippen LogP contribution in [-0.4, -0.2) is 17.2 Å². The Morgan fingerprint density at radius 1 is 0.889 bits per heavy atom. The van der Waals surface area contributed by atoms with E-state index in [1.165, 1.54) is 19.3 Å². The molecule has 1 saturated heterocycles. The van der Waals surface area contributed by atoms with E-state index in [-0.39, 0.29) is 5.54 Å². The Balaban J connectivity index is 2.00. The van der Waals surface area contributed by atoms with Crippen LogP contribution in [0.1, 0.15) is 50.5 Å². The molecule has 18 heavy (non-hydrogen) atoms. The molecule has 2 aliphatic rings. The lowest BCUT2D eigenvalue weighted by molar-refractivity contribution is -0.0994. The van der Waals surface area contributed by atoms with Crippen LogP contribution in [0.2, 0.25) is 0 Å². The zero-order chi connectivity index (χ0) is 12.5. The van der Waals surface area contributed by atoms with Crippen molar-refractivity contribution in [3.63, 3.8) is 0 Å². The first-order valence-corrected chi connectivity index (χ1v) is 7.30. The van der Waals surface area contributed by atoms with Gasteiger partial charge in [0, 0.05) is 0 Å². The number of hydrogen-bond donors (Lipinski definition) is 2. The van der Waals surface area contributed by atoms with Gasteiger partial charge in [-0.05, 0) is 37.8 Å². The van der Waals surface area contributed by atoms with Gasteiger partial charge in [-0.3, -0.25) is 0 Å². The minimum Gasteiger partial charge on any atom is -0.383 e. The highest BCUT2D eigenvalue weighted by Crippen LogP contribution is 2.47. The molecule has 0 radical (unpaired) electrons. The number of hydrogen-bond acceptors (Lipinski definition) is 2. The van der Waals surface area contributed by atoms with Gasteiger partial charge in [0.15, 0.2) is 0 Å². The molecule has 1 aliphatic heterocycles. The van der Waals surface area contributed by atoms with Crippen molar-refractivity contribution in [2.24, 2.45) is 0 Å². The normalized spacial score (nSPS) is 31.4. The Morgan fingerprint density at radius 2 is 1.61 bits per heavy atom. The Kier molecular flexibility index (Phi) is 3.16. The quantitative estimate of drug-likeness (QED) is 0.797. The monoisotopic (exact) mass is 245 g/mol. The predicted molar refractivity (Wildman–Crippen MR) is 73.4 cm³/mol. The molecule has 1 heterocycles. The van der Waals surface area contributed by atoms with Crippen molar-refractivity contribution in [2.75, 3.05) is 6.54 Å². The van der Waals surface area contributed by atoms with Gasteiger partial charge >= 0.3 is 0 Å². The first kappa shape index (κ1) is 12.2. The molecule has 0 aromatic heterocycles. The van der Waals surface area contributed by atoms with Gasteiger partial charge in [-0.25, -0.2) is 0 Å². The van der Waals surface area contributed by atoms with Gasteiger partial charge in [0.2, 0.25) is 0 Å².